The molecule has 0 saturated heterocycles. The third-order valence-electron chi connectivity index (χ3n) is 11.9. The first-order chi connectivity index (χ1) is 32.5. The van der Waals surface area contributed by atoms with Crippen LogP contribution in [0.25, 0.3) is 0 Å². The number of carbonyl (C=O) groups excluding carboxylic acids is 3. The molecule has 1 atom stereocenters. The van der Waals surface area contributed by atoms with Crippen LogP contribution in [0.15, 0.2) is 72.9 Å². The Labute approximate surface area is 408 Å². The van der Waals surface area contributed by atoms with Crippen LogP contribution in [-0.2, 0) is 28.6 Å². The first kappa shape index (κ1) is 62.8. The lowest BCUT2D eigenvalue weighted by molar-refractivity contribution is -0.167. The summed E-state index contributed by atoms with van der Waals surface area (Å²) >= 11 is 0. The Kier molecular flexibility index (Phi) is 51.9. The minimum absolute atomic E-state index is 0.0869. The van der Waals surface area contributed by atoms with Crippen LogP contribution in [0.1, 0.15) is 271 Å². The molecule has 0 aromatic rings. The van der Waals surface area contributed by atoms with Gasteiger partial charge < -0.3 is 14.2 Å². The molecule has 380 valence electrons. The zero-order valence-electron chi connectivity index (χ0n) is 43.4. The largest absolute Gasteiger partial charge is 0.462 e. The van der Waals surface area contributed by atoms with E-state index < -0.39 is 6.10 Å². The van der Waals surface area contributed by atoms with Gasteiger partial charge in [0.2, 0.25) is 0 Å². The maximum absolute atomic E-state index is 12.8. The SMILES string of the molecule is CC/C=C\C/C=C\C/C=C\CCCCCC(=O)OC(COC(=O)CCCCCCCCCCCC)COC(=O)CCCCCCCCCCCC/C=C\C/C=C\C/C=C\CCCCCCC. The zero-order valence-corrected chi connectivity index (χ0v) is 43.4. The lowest BCUT2D eigenvalue weighted by Crippen LogP contribution is -2.30. The molecule has 0 N–H and O–H groups in total. The molecule has 0 aliphatic carbocycles. The van der Waals surface area contributed by atoms with Crippen molar-refractivity contribution in [2.75, 3.05) is 13.2 Å². The zero-order chi connectivity index (χ0) is 47.9. The Morgan fingerprint density at radius 3 is 0.939 bits per heavy atom. The van der Waals surface area contributed by atoms with E-state index in [1.807, 2.05) is 0 Å². The third kappa shape index (κ3) is 51.8. The summed E-state index contributed by atoms with van der Waals surface area (Å²) in [4.78, 5) is 38.0. The number of ether oxygens (including phenoxy) is 3. The Hall–Kier alpha value is -3.15. The predicted molar refractivity (Wildman–Crippen MR) is 284 cm³/mol. The highest BCUT2D eigenvalue weighted by atomic mass is 16.6. The smallest absolute Gasteiger partial charge is 0.306 e. The second kappa shape index (κ2) is 54.5. The number of esters is 3. The Morgan fingerprint density at radius 1 is 0.318 bits per heavy atom. The summed E-state index contributed by atoms with van der Waals surface area (Å²) in [7, 11) is 0. The normalized spacial score (nSPS) is 12.6. The van der Waals surface area contributed by atoms with Crippen molar-refractivity contribution in [3.05, 3.63) is 72.9 Å². The summed E-state index contributed by atoms with van der Waals surface area (Å²) in [6, 6.07) is 0. The van der Waals surface area contributed by atoms with Gasteiger partial charge in [-0.3, -0.25) is 14.4 Å². The average molecular weight is 921 g/mol. The van der Waals surface area contributed by atoms with Crippen molar-refractivity contribution in [2.45, 2.75) is 277 Å². The third-order valence-corrected chi connectivity index (χ3v) is 11.9. The van der Waals surface area contributed by atoms with Crippen LogP contribution in [0, 0.1) is 0 Å². The molecule has 0 amide bonds. The van der Waals surface area contributed by atoms with Crippen molar-refractivity contribution in [2.24, 2.45) is 0 Å². The van der Waals surface area contributed by atoms with Crippen molar-refractivity contribution < 1.29 is 28.6 Å². The topological polar surface area (TPSA) is 78.9 Å². The van der Waals surface area contributed by atoms with Gasteiger partial charge in [-0.05, 0) is 89.9 Å². The fourth-order valence-electron chi connectivity index (χ4n) is 7.76. The van der Waals surface area contributed by atoms with Crippen LogP contribution in [0.3, 0.4) is 0 Å². The quantitative estimate of drug-likeness (QED) is 0.0262. The van der Waals surface area contributed by atoms with Crippen LogP contribution in [-0.4, -0.2) is 37.2 Å². The highest BCUT2D eigenvalue weighted by Gasteiger charge is 2.19. The summed E-state index contributed by atoms with van der Waals surface area (Å²) in [6.45, 7) is 6.48. The fourth-order valence-corrected chi connectivity index (χ4v) is 7.76. The first-order valence-corrected chi connectivity index (χ1v) is 27.9. The van der Waals surface area contributed by atoms with Crippen molar-refractivity contribution in [3.8, 4) is 0 Å². The Bertz CT molecular complexity index is 1240. The first-order valence-electron chi connectivity index (χ1n) is 27.9. The Morgan fingerprint density at radius 2 is 0.591 bits per heavy atom. The molecule has 0 aliphatic rings. The van der Waals surface area contributed by atoms with E-state index in [1.54, 1.807) is 0 Å². The molecule has 66 heavy (non-hydrogen) atoms. The molecule has 0 aromatic heterocycles. The van der Waals surface area contributed by atoms with Crippen molar-refractivity contribution >= 4 is 17.9 Å². The van der Waals surface area contributed by atoms with Crippen LogP contribution < -0.4 is 0 Å². The minimum Gasteiger partial charge on any atom is -0.462 e. The lowest BCUT2D eigenvalue weighted by Gasteiger charge is -2.18. The van der Waals surface area contributed by atoms with E-state index in [0.29, 0.717) is 19.3 Å². The van der Waals surface area contributed by atoms with E-state index in [1.165, 1.54) is 135 Å². The number of unbranched alkanes of at least 4 members (excludes halogenated alkanes) is 27. The summed E-state index contributed by atoms with van der Waals surface area (Å²) in [5.74, 6) is -0.918. The van der Waals surface area contributed by atoms with Crippen LogP contribution >= 0.6 is 0 Å². The van der Waals surface area contributed by atoms with Gasteiger partial charge in [0.05, 0.1) is 0 Å². The van der Waals surface area contributed by atoms with Gasteiger partial charge in [-0.15, -0.1) is 0 Å². The van der Waals surface area contributed by atoms with Gasteiger partial charge in [-0.2, -0.15) is 0 Å². The molecule has 0 rings (SSSR count). The van der Waals surface area contributed by atoms with E-state index in [-0.39, 0.29) is 31.1 Å². The number of hydrogen-bond donors (Lipinski definition) is 0. The molecule has 0 spiro atoms. The van der Waals surface area contributed by atoms with Gasteiger partial charge >= 0.3 is 17.9 Å². The molecular formula is C60H104O6. The van der Waals surface area contributed by atoms with E-state index in [4.69, 9.17) is 14.2 Å². The van der Waals surface area contributed by atoms with Gasteiger partial charge in [-0.25, -0.2) is 0 Å². The second-order valence-corrected chi connectivity index (χ2v) is 18.5. The lowest BCUT2D eigenvalue weighted by atomic mass is 10.1. The van der Waals surface area contributed by atoms with Crippen molar-refractivity contribution in [1.82, 2.24) is 0 Å². The second-order valence-electron chi connectivity index (χ2n) is 18.5. The van der Waals surface area contributed by atoms with E-state index in [9.17, 15) is 14.4 Å². The monoisotopic (exact) mass is 921 g/mol. The molecule has 0 radical (unpaired) electrons. The molecular weight excluding hydrogens is 817 g/mol. The number of carbonyl (C=O) groups is 3. The molecule has 0 aromatic carbocycles. The number of allylic oxidation sites excluding steroid dienone is 12. The fraction of sp³-hybridized carbons (Fsp3) is 0.750. The van der Waals surface area contributed by atoms with Gasteiger partial charge in [-0.1, -0.05) is 235 Å². The maximum Gasteiger partial charge on any atom is 0.306 e. The minimum atomic E-state index is -0.789. The summed E-state index contributed by atoms with van der Waals surface area (Å²) in [5.41, 5.74) is 0. The highest BCUT2D eigenvalue weighted by Crippen LogP contribution is 2.15. The van der Waals surface area contributed by atoms with Crippen LogP contribution in [0.2, 0.25) is 0 Å². The van der Waals surface area contributed by atoms with E-state index in [0.717, 1.165) is 96.3 Å². The number of hydrogen-bond acceptors (Lipinski definition) is 6. The Balaban J connectivity index is 4.25. The van der Waals surface area contributed by atoms with Crippen LogP contribution in [0.5, 0.6) is 0 Å². The summed E-state index contributed by atoms with van der Waals surface area (Å²) in [6.07, 6.45) is 69.0. The summed E-state index contributed by atoms with van der Waals surface area (Å²) in [5, 5.41) is 0. The van der Waals surface area contributed by atoms with Gasteiger partial charge in [0.25, 0.3) is 0 Å². The predicted octanol–water partition coefficient (Wildman–Crippen LogP) is 18.6. The molecule has 0 saturated carbocycles. The molecule has 0 fully saturated rings. The molecule has 6 heteroatoms. The molecule has 0 heterocycles. The van der Waals surface area contributed by atoms with Crippen LogP contribution in [0.4, 0.5) is 0 Å². The molecule has 0 aliphatic heterocycles. The highest BCUT2D eigenvalue weighted by molar-refractivity contribution is 5.71. The van der Waals surface area contributed by atoms with E-state index in [2.05, 4.69) is 93.7 Å². The molecule has 1 unspecified atom stereocenters. The number of rotatable bonds is 50. The average Bonchev–Trinajstić information content (AvgIpc) is 3.31. The molecule has 0 bridgehead atoms. The van der Waals surface area contributed by atoms with Gasteiger partial charge in [0, 0.05) is 19.3 Å². The molecule has 6 nitrogen and oxygen atoms in total. The maximum atomic E-state index is 12.8. The summed E-state index contributed by atoms with van der Waals surface area (Å²) < 4.78 is 16.8. The van der Waals surface area contributed by atoms with Crippen molar-refractivity contribution in [1.29, 1.82) is 0 Å². The van der Waals surface area contributed by atoms with Gasteiger partial charge in [0.15, 0.2) is 6.10 Å². The van der Waals surface area contributed by atoms with Gasteiger partial charge in [0.1, 0.15) is 13.2 Å². The van der Waals surface area contributed by atoms with Crippen molar-refractivity contribution in [3.63, 3.8) is 0 Å². The van der Waals surface area contributed by atoms with E-state index >= 15 is 0 Å². The standard InChI is InChI=1S/C60H104O6/c1-4-7-10-13-16-19-22-24-25-26-27-28-29-30-31-32-33-34-35-37-38-41-44-47-50-53-59(62)65-56-57(55-64-58(61)52-49-46-43-40-21-18-15-12-9-6-3)66-60(63)54-51-48-45-42-39-36-23-20-17-14-11-8-5-2/h8,11,17,20,22,24,26-27,29-30,36,39,57H,4-7,9-10,12-16,18-19,21,23,25,28,31-35,37-38,40-56H2,1-3H3/b11-8-,20-17-,24-22-,27-26-,30-29-,39-36-.